The van der Waals surface area contributed by atoms with Gasteiger partial charge in [0.05, 0.1) is 7.11 Å². The number of carbonyl (C=O) groups excluding carboxylic acids is 2. The number of ether oxygens (including phenoxy) is 2. The largest absolute Gasteiger partial charge is 0.496 e. The topological polar surface area (TPSA) is 52.6 Å². The fraction of sp³-hybridized carbons (Fsp3) is 0.500. The van der Waals surface area contributed by atoms with Crippen molar-refractivity contribution in [3.05, 3.63) is 29.3 Å². The molecule has 0 amide bonds. The second-order valence-corrected chi connectivity index (χ2v) is 5.96. The Hall–Kier alpha value is -1.84. The van der Waals surface area contributed by atoms with Gasteiger partial charge in [-0.1, -0.05) is 12.1 Å². The summed E-state index contributed by atoms with van der Waals surface area (Å²) in [4.78, 5) is 24.4. The van der Waals surface area contributed by atoms with Crippen molar-refractivity contribution in [1.82, 2.24) is 0 Å². The first-order valence-electron chi connectivity index (χ1n) is 6.75. The van der Waals surface area contributed by atoms with Crippen molar-refractivity contribution in [3.63, 3.8) is 0 Å². The maximum absolute atomic E-state index is 12.3. The smallest absolute Gasteiger partial charge is 0.321 e. The van der Waals surface area contributed by atoms with E-state index in [0.29, 0.717) is 12.8 Å². The summed E-state index contributed by atoms with van der Waals surface area (Å²) in [7, 11) is 1.59. The average Bonchev–Trinajstić information content (AvgIpc) is 2.35. The number of fused-ring (bicyclic) bond motifs is 1. The molecule has 0 saturated heterocycles. The van der Waals surface area contributed by atoms with Gasteiger partial charge in [-0.15, -0.1) is 0 Å². The van der Waals surface area contributed by atoms with Crippen LogP contribution in [0.5, 0.6) is 5.75 Å². The molecule has 0 fully saturated rings. The van der Waals surface area contributed by atoms with Crippen LogP contribution in [0, 0.1) is 0 Å². The summed E-state index contributed by atoms with van der Waals surface area (Å²) in [5, 5.41) is 0. The lowest BCUT2D eigenvalue weighted by molar-refractivity contribution is -0.158. The molecule has 1 aromatic carbocycles. The van der Waals surface area contributed by atoms with E-state index < -0.39 is 17.5 Å². The van der Waals surface area contributed by atoms with Crippen LogP contribution in [0.2, 0.25) is 0 Å². The van der Waals surface area contributed by atoms with E-state index >= 15 is 0 Å². The number of benzene rings is 1. The highest BCUT2D eigenvalue weighted by molar-refractivity contribution is 6.06. The van der Waals surface area contributed by atoms with E-state index in [0.717, 1.165) is 16.9 Å². The quantitative estimate of drug-likeness (QED) is 0.615. The van der Waals surface area contributed by atoms with Gasteiger partial charge < -0.3 is 9.47 Å². The Bertz CT molecular complexity index is 540. The van der Waals surface area contributed by atoms with Gasteiger partial charge in [-0.3, -0.25) is 9.59 Å². The molecule has 0 radical (unpaired) electrons. The van der Waals surface area contributed by atoms with Gasteiger partial charge in [0, 0.05) is 6.42 Å². The Balaban J connectivity index is 2.40. The molecule has 108 valence electrons. The molecule has 0 N–H and O–H groups in total. The summed E-state index contributed by atoms with van der Waals surface area (Å²) in [5.74, 6) is -0.659. The number of ketones is 1. The average molecular weight is 276 g/mol. The van der Waals surface area contributed by atoms with Gasteiger partial charge in [0.15, 0.2) is 5.78 Å². The van der Waals surface area contributed by atoms with Gasteiger partial charge in [0.2, 0.25) is 0 Å². The highest BCUT2D eigenvalue weighted by Gasteiger charge is 2.37. The Labute approximate surface area is 119 Å². The predicted molar refractivity (Wildman–Crippen MR) is 74.9 cm³/mol. The third-order valence-corrected chi connectivity index (χ3v) is 3.29. The minimum atomic E-state index is -0.826. The number of carbonyl (C=O) groups is 2. The number of Topliss-reactive ketones (excluding diaryl/α,β-unsaturated/α-hetero) is 1. The zero-order chi connectivity index (χ0) is 14.9. The molecule has 0 spiro atoms. The number of hydrogen-bond acceptors (Lipinski definition) is 4. The van der Waals surface area contributed by atoms with Gasteiger partial charge in [0.1, 0.15) is 17.3 Å². The lowest BCUT2D eigenvalue weighted by Gasteiger charge is -2.28. The number of hydrogen-bond donors (Lipinski definition) is 0. The molecule has 1 aliphatic rings. The normalized spacial score (nSPS) is 18.4. The molecular formula is C16H20O4. The summed E-state index contributed by atoms with van der Waals surface area (Å²) in [6.07, 6.45) is 0.953. The fourth-order valence-electron chi connectivity index (χ4n) is 2.50. The lowest BCUT2D eigenvalue weighted by atomic mass is 9.81. The van der Waals surface area contributed by atoms with Crippen LogP contribution in [0.4, 0.5) is 0 Å². The molecule has 0 aliphatic heterocycles. The van der Waals surface area contributed by atoms with Gasteiger partial charge in [0.25, 0.3) is 0 Å². The van der Waals surface area contributed by atoms with Crippen molar-refractivity contribution in [2.45, 2.75) is 45.1 Å². The Kier molecular flexibility index (Phi) is 3.84. The predicted octanol–water partition coefficient (Wildman–Crippen LogP) is 2.64. The van der Waals surface area contributed by atoms with Crippen molar-refractivity contribution >= 4 is 11.8 Å². The second kappa shape index (κ2) is 5.27. The van der Waals surface area contributed by atoms with Crippen LogP contribution in [-0.2, 0) is 20.7 Å². The highest BCUT2D eigenvalue weighted by atomic mass is 16.6. The molecule has 2 rings (SSSR count). The van der Waals surface area contributed by atoms with Crippen LogP contribution < -0.4 is 4.74 Å². The molecule has 0 aromatic heterocycles. The third-order valence-electron chi connectivity index (χ3n) is 3.29. The highest BCUT2D eigenvalue weighted by Crippen LogP contribution is 2.36. The van der Waals surface area contributed by atoms with Crippen LogP contribution in [0.25, 0.3) is 0 Å². The Morgan fingerprint density at radius 3 is 2.55 bits per heavy atom. The van der Waals surface area contributed by atoms with Crippen molar-refractivity contribution < 1.29 is 19.1 Å². The summed E-state index contributed by atoms with van der Waals surface area (Å²) in [6, 6.07) is 5.46. The maximum Gasteiger partial charge on any atom is 0.321 e. The van der Waals surface area contributed by atoms with E-state index in [9.17, 15) is 9.59 Å². The number of esters is 1. The number of methoxy groups -OCH3 is 1. The van der Waals surface area contributed by atoms with E-state index in [-0.39, 0.29) is 5.78 Å². The molecule has 0 heterocycles. The first-order valence-corrected chi connectivity index (χ1v) is 6.75. The first-order chi connectivity index (χ1) is 9.33. The van der Waals surface area contributed by atoms with Crippen molar-refractivity contribution in [2.24, 2.45) is 0 Å². The molecule has 0 unspecified atom stereocenters. The molecule has 1 atom stereocenters. The standard InChI is InChI=1S/C16H20O4/c1-16(2,3)20-15(18)14-11-6-5-7-13(19-4)10(11)8-9-12(14)17/h5-7,14H,8-9H2,1-4H3/t14-/m1/s1. The van der Waals surface area contributed by atoms with E-state index in [1.807, 2.05) is 12.1 Å². The maximum atomic E-state index is 12.3. The zero-order valence-corrected chi connectivity index (χ0v) is 12.4. The third kappa shape index (κ3) is 2.84. The molecule has 0 bridgehead atoms. The zero-order valence-electron chi connectivity index (χ0n) is 12.4. The molecular weight excluding hydrogens is 256 g/mol. The summed E-state index contributed by atoms with van der Waals surface area (Å²) in [6.45, 7) is 5.39. The van der Waals surface area contributed by atoms with E-state index in [2.05, 4.69) is 0 Å². The minimum absolute atomic E-state index is 0.0833. The summed E-state index contributed by atoms with van der Waals surface area (Å²) < 4.78 is 10.7. The van der Waals surface area contributed by atoms with Gasteiger partial charge in [-0.2, -0.15) is 0 Å². The SMILES string of the molecule is COc1cccc2c1CCC(=O)[C@@H]2C(=O)OC(C)(C)C. The molecule has 1 aromatic rings. The van der Waals surface area contributed by atoms with Crippen molar-refractivity contribution in [3.8, 4) is 5.75 Å². The van der Waals surface area contributed by atoms with Crippen LogP contribution in [-0.4, -0.2) is 24.5 Å². The summed E-state index contributed by atoms with van der Waals surface area (Å²) >= 11 is 0. The van der Waals surface area contributed by atoms with Crippen molar-refractivity contribution in [2.75, 3.05) is 7.11 Å². The summed E-state index contributed by atoms with van der Waals surface area (Å²) in [5.41, 5.74) is 1.05. The van der Waals surface area contributed by atoms with Crippen LogP contribution in [0.3, 0.4) is 0 Å². The molecule has 20 heavy (non-hydrogen) atoms. The molecule has 4 nitrogen and oxygen atoms in total. The van der Waals surface area contributed by atoms with Crippen LogP contribution in [0.1, 0.15) is 44.2 Å². The van der Waals surface area contributed by atoms with E-state index in [1.54, 1.807) is 33.9 Å². The van der Waals surface area contributed by atoms with Crippen LogP contribution >= 0.6 is 0 Å². The Morgan fingerprint density at radius 2 is 1.95 bits per heavy atom. The van der Waals surface area contributed by atoms with Crippen molar-refractivity contribution in [1.29, 1.82) is 0 Å². The van der Waals surface area contributed by atoms with E-state index in [4.69, 9.17) is 9.47 Å². The molecule has 1 aliphatic carbocycles. The fourth-order valence-corrected chi connectivity index (χ4v) is 2.50. The van der Waals surface area contributed by atoms with E-state index in [1.165, 1.54) is 0 Å². The van der Waals surface area contributed by atoms with Gasteiger partial charge >= 0.3 is 5.97 Å². The molecule has 0 saturated carbocycles. The minimum Gasteiger partial charge on any atom is -0.496 e. The lowest BCUT2D eigenvalue weighted by Crippen LogP contribution is -2.34. The van der Waals surface area contributed by atoms with Crippen LogP contribution in [0.15, 0.2) is 18.2 Å². The van der Waals surface area contributed by atoms with Gasteiger partial charge in [-0.25, -0.2) is 0 Å². The molecule has 4 heteroatoms. The second-order valence-electron chi connectivity index (χ2n) is 5.96. The number of rotatable bonds is 2. The van der Waals surface area contributed by atoms with Gasteiger partial charge in [-0.05, 0) is 44.4 Å². The first kappa shape index (κ1) is 14.6. The monoisotopic (exact) mass is 276 g/mol. The Morgan fingerprint density at radius 1 is 1.25 bits per heavy atom.